The lowest BCUT2D eigenvalue weighted by Gasteiger charge is -2.24. The van der Waals surface area contributed by atoms with Crippen molar-refractivity contribution in [2.75, 3.05) is 23.9 Å². The van der Waals surface area contributed by atoms with Gasteiger partial charge in [-0.15, -0.1) is 0 Å². The topological polar surface area (TPSA) is 98.5 Å². The largest absolute Gasteiger partial charge is 0.490 e. The number of nitrogens with one attached hydrogen (secondary N) is 1. The highest BCUT2D eigenvalue weighted by Gasteiger charge is 2.25. The Balaban J connectivity index is 2.19. The van der Waals surface area contributed by atoms with E-state index < -0.39 is 26.3 Å². The van der Waals surface area contributed by atoms with Crippen molar-refractivity contribution in [2.24, 2.45) is 0 Å². The molecule has 0 unspecified atom stereocenters. The summed E-state index contributed by atoms with van der Waals surface area (Å²) in [7, 11) is -1.74. The molecule has 0 radical (unpaired) electrons. The fraction of sp³-hybridized carbons (Fsp3) is 0.500. The van der Waals surface area contributed by atoms with Gasteiger partial charge in [-0.05, 0) is 12.8 Å². The van der Waals surface area contributed by atoms with Crippen LogP contribution in [0.3, 0.4) is 0 Å². The Morgan fingerprint density at radius 2 is 2.00 bits per heavy atom. The summed E-state index contributed by atoms with van der Waals surface area (Å²) < 4.78 is 41.5. The third-order valence-electron chi connectivity index (χ3n) is 3.38. The van der Waals surface area contributed by atoms with E-state index in [1.165, 1.54) is 13.2 Å². The number of nitro groups is 1. The number of nitrogens with zero attached hydrogens (tertiary/aromatic N) is 1. The molecular weight excluding hydrogens is 303 g/mol. The van der Waals surface area contributed by atoms with Crippen molar-refractivity contribution in [3.8, 4) is 5.75 Å². The first-order valence-corrected chi connectivity index (χ1v) is 8.13. The molecule has 7 nitrogen and oxygen atoms in total. The molecule has 1 saturated heterocycles. The lowest BCUT2D eigenvalue weighted by Crippen LogP contribution is -2.32. The fourth-order valence-corrected chi connectivity index (χ4v) is 3.71. The van der Waals surface area contributed by atoms with Gasteiger partial charge in [0, 0.05) is 12.1 Å². The Hall–Kier alpha value is -1.90. The van der Waals surface area contributed by atoms with Crippen molar-refractivity contribution in [2.45, 2.75) is 18.9 Å². The Bertz CT molecular complexity index is 648. The van der Waals surface area contributed by atoms with E-state index in [0.717, 1.165) is 6.07 Å². The molecule has 0 spiro atoms. The summed E-state index contributed by atoms with van der Waals surface area (Å²) in [5.41, 5.74) is -0.381. The normalized spacial score (nSPS) is 18.2. The van der Waals surface area contributed by atoms with Crippen molar-refractivity contribution >= 4 is 21.2 Å². The molecule has 0 amide bonds. The fourth-order valence-electron chi connectivity index (χ4n) is 2.21. The number of methoxy groups -OCH3 is 1. The van der Waals surface area contributed by atoms with Gasteiger partial charge in [0.2, 0.25) is 0 Å². The van der Waals surface area contributed by atoms with Crippen LogP contribution in [0.5, 0.6) is 5.75 Å². The molecule has 9 heteroatoms. The molecule has 1 aliphatic rings. The summed E-state index contributed by atoms with van der Waals surface area (Å²) in [5.74, 6) is -0.712. The van der Waals surface area contributed by atoms with E-state index in [0.29, 0.717) is 12.8 Å². The SMILES string of the molecule is COc1cc(NC2CCS(=O)(=O)CC2)c(F)cc1[N+](=O)[O-]. The number of benzene rings is 1. The number of hydrogen-bond donors (Lipinski definition) is 1. The zero-order valence-corrected chi connectivity index (χ0v) is 12.2. The van der Waals surface area contributed by atoms with E-state index in [-0.39, 0.29) is 29.0 Å². The molecular formula is C12H15FN2O5S. The quantitative estimate of drug-likeness (QED) is 0.670. The molecule has 1 aromatic rings. The van der Waals surface area contributed by atoms with E-state index in [1.807, 2.05) is 0 Å². The molecule has 1 heterocycles. The maximum atomic E-state index is 13.9. The van der Waals surface area contributed by atoms with Gasteiger partial charge < -0.3 is 10.1 Å². The number of hydrogen-bond acceptors (Lipinski definition) is 6. The number of halogens is 1. The van der Waals surface area contributed by atoms with Gasteiger partial charge in [0.25, 0.3) is 0 Å². The molecule has 116 valence electrons. The summed E-state index contributed by atoms with van der Waals surface area (Å²) in [6.07, 6.45) is 0.752. The lowest BCUT2D eigenvalue weighted by molar-refractivity contribution is -0.385. The predicted octanol–water partition coefficient (Wildman–Crippen LogP) is 1.73. The van der Waals surface area contributed by atoms with Gasteiger partial charge in [-0.25, -0.2) is 12.8 Å². The molecule has 1 N–H and O–H groups in total. The highest BCUT2D eigenvalue weighted by molar-refractivity contribution is 7.91. The Morgan fingerprint density at radius 1 is 1.38 bits per heavy atom. The Kier molecular flexibility index (Phi) is 4.31. The molecule has 0 bridgehead atoms. The van der Waals surface area contributed by atoms with Crippen LogP contribution in [-0.2, 0) is 9.84 Å². The third-order valence-corrected chi connectivity index (χ3v) is 5.09. The third kappa shape index (κ3) is 3.60. The summed E-state index contributed by atoms with van der Waals surface area (Å²) in [6, 6.07) is 1.83. The van der Waals surface area contributed by atoms with Gasteiger partial charge in [0.05, 0.1) is 35.3 Å². The summed E-state index contributed by atoms with van der Waals surface area (Å²) in [5, 5.41) is 13.7. The van der Waals surface area contributed by atoms with Crippen LogP contribution in [-0.4, -0.2) is 38.0 Å². The van der Waals surface area contributed by atoms with Crippen LogP contribution in [0.2, 0.25) is 0 Å². The van der Waals surface area contributed by atoms with Gasteiger partial charge in [0.15, 0.2) is 11.6 Å². The van der Waals surface area contributed by atoms with Gasteiger partial charge in [-0.1, -0.05) is 0 Å². The first-order valence-electron chi connectivity index (χ1n) is 6.31. The highest BCUT2D eigenvalue weighted by Crippen LogP contribution is 2.33. The number of sulfone groups is 1. The van der Waals surface area contributed by atoms with Crippen LogP contribution in [0.4, 0.5) is 15.8 Å². The van der Waals surface area contributed by atoms with Gasteiger partial charge >= 0.3 is 5.69 Å². The van der Waals surface area contributed by atoms with E-state index in [4.69, 9.17) is 4.74 Å². The first-order chi connectivity index (χ1) is 9.82. The molecule has 0 aromatic heterocycles. The van der Waals surface area contributed by atoms with Gasteiger partial charge in [0.1, 0.15) is 9.84 Å². The van der Waals surface area contributed by atoms with E-state index in [9.17, 15) is 22.9 Å². The molecule has 0 atom stereocenters. The van der Waals surface area contributed by atoms with Crippen LogP contribution < -0.4 is 10.1 Å². The van der Waals surface area contributed by atoms with Crippen molar-refractivity contribution in [1.82, 2.24) is 0 Å². The highest BCUT2D eigenvalue weighted by atomic mass is 32.2. The molecule has 0 aliphatic carbocycles. The van der Waals surface area contributed by atoms with Crippen LogP contribution in [0.25, 0.3) is 0 Å². The maximum Gasteiger partial charge on any atom is 0.313 e. The second-order valence-electron chi connectivity index (χ2n) is 4.83. The van der Waals surface area contributed by atoms with E-state index >= 15 is 0 Å². The average molecular weight is 318 g/mol. The zero-order valence-electron chi connectivity index (χ0n) is 11.3. The summed E-state index contributed by atoms with van der Waals surface area (Å²) in [6.45, 7) is 0. The monoisotopic (exact) mass is 318 g/mol. The molecule has 1 fully saturated rings. The Labute approximate surface area is 121 Å². The minimum atomic E-state index is -3.00. The average Bonchev–Trinajstić information content (AvgIpc) is 2.42. The zero-order chi connectivity index (χ0) is 15.6. The van der Waals surface area contributed by atoms with Crippen molar-refractivity contribution in [3.05, 3.63) is 28.1 Å². The van der Waals surface area contributed by atoms with Gasteiger partial charge in [-0.3, -0.25) is 10.1 Å². The minimum Gasteiger partial charge on any atom is -0.490 e. The summed E-state index contributed by atoms with van der Waals surface area (Å²) in [4.78, 5) is 10.1. The van der Waals surface area contributed by atoms with Crippen molar-refractivity contribution in [1.29, 1.82) is 0 Å². The minimum absolute atomic E-state index is 0.0488. The lowest BCUT2D eigenvalue weighted by atomic mass is 10.1. The predicted molar refractivity (Wildman–Crippen MR) is 74.9 cm³/mol. The first kappa shape index (κ1) is 15.5. The second kappa shape index (κ2) is 5.84. The van der Waals surface area contributed by atoms with E-state index in [2.05, 4.69) is 5.32 Å². The molecule has 21 heavy (non-hydrogen) atoms. The van der Waals surface area contributed by atoms with Gasteiger partial charge in [-0.2, -0.15) is 0 Å². The maximum absolute atomic E-state index is 13.9. The van der Waals surface area contributed by atoms with Crippen LogP contribution in [0.15, 0.2) is 12.1 Å². The standard InChI is InChI=1S/C12H15FN2O5S/c1-20-12-7-10(9(13)6-11(12)15(16)17)14-8-2-4-21(18,19)5-3-8/h6-8,14H,2-5H2,1H3. The second-order valence-corrected chi connectivity index (χ2v) is 7.14. The molecule has 2 rings (SSSR count). The number of ether oxygens (including phenoxy) is 1. The molecule has 1 aromatic carbocycles. The van der Waals surface area contributed by atoms with Crippen molar-refractivity contribution < 1.29 is 22.5 Å². The van der Waals surface area contributed by atoms with Crippen LogP contribution in [0, 0.1) is 15.9 Å². The summed E-state index contributed by atoms with van der Waals surface area (Å²) >= 11 is 0. The molecule has 1 aliphatic heterocycles. The van der Waals surface area contributed by atoms with Crippen molar-refractivity contribution in [3.63, 3.8) is 0 Å². The number of anilines is 1. The van der Waals surface area contributed by atoms with Crippen LogP contribution in [0.1, 0.15) is 12.8 Å². The van der Waals surface area contributed by atoms with E-state index in [1.54, 1.807) is 0 Å². The number of nitro benzene ring substituents is 1. The Morgan fingerprint density at radius 3 is 2.52 bits per heavy atom. The number of rotatable bonds is 4. The van der Waals surface area contributed by atoms with Crippen LogP contribution >= 0.6 is 0 Å². The molecule has 0 saturated carbocycles. The smallest absolute Gasteiger partial charge is 0.313 e.